The van der Waals surface area contributed by atoms with Crippen molar-refractivity contribution in [2.75, 3.05) is 11.9 Å². The molecule has 1 unspecified atom stereocenters. The first-order chi connectivity index (χ1) is 14.5. The molecule has 0 spiro atoms. The van der Waals surface area contributed by atoms with Gasteiger partial charge >= 0.3 is 0 Å². The molecule has 5 rings (SSSR count). The minimum atomic E-state index is -0.790. The normalized spacial score (nSPS) is 19.0. The Morgan fingerprint density at radius 1 is 1.17 bits per heavy atom. The Kier molecular flexibility index (Phi) is 4.20. The maximum absolute atomic E-state index is 13.4. The maximum atomic E-state index is 13.4. The Balaban J connectivity index is 1.57. The van der Waals surface area contributed by atoms with Crippen molar-refractivity contribution < 1.29 is 14.3 Å². The summed E-state index contributed by atoms with van der Waals surface area (Å²) < 4.78 is 11.4. The highest BCUT2D eigenvalue weighted by molar-refractivity contribution is 5.96. The van der Waals surface area contributed by atoms with Gasteiger partial charge in [-0.1, -0.05) is 29.8 Å². The first-order valence-corrected chi connectivity index (χ1v) is 9.81. The van der Waals surface area contributed by atoms with Crippen molar-refractivity contribution in [3.63, 3.8) is 0 Å². The quantitative estimate of drug-likeness (QED) is 0.693. The Morgan fingerprint density at radius 2 is 2.00 bits per heavy atom. The van der Waals surface area contributed by atoms with Crippen LogP contribution in [0, 0.1) is 6.92 Å². The Labute approximate surface area is 174 Å². The molecule has 3 heterocycles. The maximum Gasteiger partial charge on any atom is 0.252 e. The Hall–Kier alpha value is -3.80. The molecule has 6 heteroatoms. The lowest BCUT2D eigenvalue weighted by molar-refractivity contribution is 0.0883. The number of hydrogen-bond acceptors (Lipinski definition) is 5. The number of anilines is 1. The molecule has 0 bridgehead atoms. The molecule has 0 saturated carbocycles. The molecule has 6 nitrogen and oxygen atoms in total. The van der Waals surface area contributed by atoms with Gasteiger partial charge in [-0.05, 0) is 49.4 Å². The number of aromatic nitrogens is 1. The Morgan fingerprint density at radius 3 is 2.83 bits per heavy atom. The molecule has 2 aliphatic rings. The van der Waals surface area contributed by atoms with E-state index in [0.717, 1.165) is 16.8 Å². The van der Waals surface area contributed by atoms with E-state index < -0.39 is 5.54 Å². The van der Waals surface area contributed by atoms with Gasteiger partial charge in [-0.15, -0.1) is 0 Å². The fraction of sp³-hybridized carbons (Fsp3) is 0.167. The van der Waals surface area contributed by atoms with Crippen molar-refractivity contribution in [1.82, 2.24) is 10.3 Å². The highest BCUT2D eigenvalue weighted by atomic mass is 16.5. The zero-order valence-electron chi connectivity index (χ0n) is 16.6. The van der Waals surface area contributed by atoms with E-state index in [1.54, 1.807) is 18.3 Å². The number of amides is 1. The van der Waals surface area contributed by atoms with Crippen molar-refractivity contribution in [3.05, 3.63) is 95.6 Å². The molecule has 1 atom stereocenters. The number of aryl methyl sites for hydroxylation is 1. The molecule has 0 saturated heterocycles. The molecule has 0 aliphatic carbocycles. The van der Waals surface area contributed by atoms with Gasteiger partial charge in [0, 0.05) is 18.2 Å². The lowest BCUT2D eigenvalue weighted by Crippen LogP contribution is -2.50. The number of benzene rings is 2. The summed E-state index contributed by atoms with van der Waals surface area (Å²) in [7, 11) is 0. The second-order valence-electron chi connectivity index (χ2n) is 7.54. The molecule has 2 N–H and O–H groups in total. The van der Waals surface area contributed by atoms with Gasteiger partial charge in [0.15, 0.2) is 11.6 Å². The molecule has 0 fully saturated rings. The number of hydrogen-bond donors (Lipinski definition) is 2. The van der Waals surface area contributed by atoms with Crippen LogP contribution >= 0.6 is 0 Å². The van der Waals surface area contributed by atoms with E-state index in [9.17, 15) is 4.79 Å². The van der Waals surface area contributed by atoms with Crippen molar-refractivity contribution >= 4 is 11.6 Å². The van der Waals surface area contributed by atoms with Crippen molar-refractivity contribution in [2.45, 2.75) is 18.9 Å². The summed E-state index contributed by atoms with van der Waals surface area (Å²) >= 11 is 0. The molecule has 3 aromatic rings. The van der Waals surface area contributed by atoms with Crippen molar-refractivity contribution in [3.8, 4) is 11.5 Å². The minimum Gasteiger partial charge on any atom is -0.491 e. The van der Waals surface area contributed by atoms with Gasteiger partial charge in [-0.25, -0.2) is 0 Å². The summed E-state index contributed by atoms with van der Waals surface area (Å²) in [6.07, 6.45) is 2.30. The molecule has 1 amide bonds. The average molecular weight is 399 g/mol. The van der Waals surface area contributed by atoms with Crippen LogP contribution in [0.4, 0.5) is 5.69 Å². The lowest BCUT2D eigenvalue weighted by atomic mass is 9.81. The number of ether oxygens (including phenoxy) is 2. The number of pyridine rings is 1. The van der Waals surface area contributed by atoms with E-state index >= 15 is 0 Å². The van der Waals surface area contributed by atoms with Crippen molar-refractivity contribution in [2.24, 2.45) is 0 Å². The van der Waals surface area contributed by atoms with Gasteiger partial charge in [0.05, 0.1) is 12.3 Å². The predicted molar refractivity (Wildman–Crippen MR) is 114 cm³/mol. The van der Waals surface area contributed by atoms with E-state index in [0.29, 0.717) is 41.7 Å². The van der Waals surface area contributed by atoms with Crippen LogP contribution < -0.4 is 20.1 Å². The van der Waals surface area contributed by atoms with E-state index in [1.807, 2.05) is 49.4 Å². The van der Waals surface area contributed by atoms with Gasteiger partial charge in [-0.2, -0.15) is 0 Å². The molecule has 2 aliphatic heterocycles. The SMILES string of the molecule is C=C1Nc2ccc(C(=O)NC3(c4ccc(C)cc4)CCOc4cccnc43)cc2O1. The third-order valence-electron chi connectivity index (χ3n) is 5.53. The minimum absolute atomic E-state index is 0.210. The van der Waals surface area contributed by atoms with Crippen LogP contribution in [0.1, 0.15) is 33.6 Å². The monoisotopic (exact) mass is 399 g/mol. The summed E-state index contributed by atoms with van der Waals surface area (Å²) in [6.45, 7) is 6.28. The van der Waals surface area contributed by atoms with Gasteiger partial charge in [-0.3, -0.25) is 9.78 Å². The molecule has 30 heavy (non-hydrogen) atoms. The highest BCUT2D eigenvalue weighted by Crippen LogP contribution is 2.41. The highest BCUT2D eigenvalue weighted by Gasteiger charge is 2.42. The van der Waals surface area contributed by atoms with E-state index in [4.69, 9.17) is 9.47 Å². The third-order valence-corrected chi connectivity index (χ3v) is 5.53. The molecule has 1 aromatic heterocycles. The molecule has 150 valence electrons. The first kappa shape index (κ1) is 18.2. The smallest absolute Gasteiger partial charge is 0.252 e. The van der Waals surface area contributed by atoms with Crippen LogP contribution in [0.15, 0.2) is 73.3 Å². The van der Waals surface area contributed by atoms with E-state index in [2.05, 4.69) is 22.2 Å². The molecular weight excluding hydrogens is 378 g/mol. The summed E-state index contributed by atoms with van der Waals surface area (Å²) in [4.78, 5) is 18.0. The summed E-state index contributed by atoms with van der Waals surface area (Å²) in [6, 6.07) is 17.2. The Bertz CT molecular complexity index is 1160. The van der Waals surface area contributed by atoms with Crippen molar-refractivity contribution in [1.29, 1.82) is 0 Å². The van der Waals surface area contributed by atoms with Gasteiger partial charge in [0.25, 0.3) is 5.91 Å². The second kappa shape index (κ2) is 6.91. The standard InChI is InChI=1S/C24H21N3O3/c1-15-5-8-18(9-6-15)24(11-13-29-20-4-3-12-25-22(20)24)27-23(28)17-7-10-19-21(14-17)30-16(2)26-19/h3-10,12,14,26H,2,11,13H2,1H3,(H,27,28). The predicted octanol–water partition coefficient (Wildman–Crippen LogP) is 4.12. The molecular formula is C24H21N3O3. The van der Waals surface area contributed by atoms with Crippen LogP contribution in [0.2, 0.25) is 0 Å². The number of nitrogens with one attached hydrogen (secondary N) is 2. The number of fused-ring (bicyclic) bond motifs is 2. The van der Waals surface area contributed by atoms with Crippen LogP contribution in [0.3, 0.4) is 0 Å². The second-order valence-corrected chi connectivity index (χ2v) is 7.54. The van der Waals surface area contributed by atoms with Crippen LogP contribution in [0.25, 0.3) is 0 Å². The summed E-state index contributed by atoms with van der Waals surface area (Å²) in [5.74, 6) is 1.50. The van der Waals surface area contributed by atoms with Crippen LogP contribution in [0.5, 0.6) is 11.5 Å². The van der Waals surface area contributed by atoms with Crippen LogP contribution in [-0.4, -0.2) is 17.5 Å². The van der Waals surface area contributed by atoms with Gasteiger partial charge < -0.3 is 20.1 Å². The lowest BCUT2D eigenvalue weighted by Gasteiger charge is -2.39. The zero-order chi connectivity index (χ0) is 20.7. The first-order valence-electron chi connectivity index (χ1n) is 9.81. The topological polar surface area (TPSA) is 72.5 Å². The zero-order valence-corrected chi connectivity index (χ0v) is 16.6. The summed E-state index contributed by atoms with van der Waals surface area (Å²) in [5, 5.41) is 6.28. The fourth-order valence-corrected chi connectivity index (χ4v) is 4.00. The average Bonchev–Trinajstić information content (AvgIpc) is 3.13. The molecule has 2 aromatic carbocycles. The molecule has 0 radical (unpaired) electrons. The largest absolute Gasteiger partial charge is 0.491 e. The third kappa shape index (κ3) is 2.97. The number of carbonyl (C=O) groups excluding carboxylic acids is 1. The number of rotatable bonds is 3. The van der Waals surface area contributed by atoms with Crippen LogP contribution in [-0.2, 0) is 5.54 Å². The number of carbonyl (C=O) groups is 1. The van der Waals surface area contributed by atoms with Gasteiger partial charge in [0.1, 0.15) is 17.0 Å². The van der Waals surface area contributed by atoms with E-state index in [-0.39, 0.29) is 5.91 Å². The summed E-state index contributed by atoms with van der Waals surface area (Å²) in [5.41, 5.74) is 3.33. The fourth-order valence-electron chi connectivity index (χ4n) is 4.00. The van der Waals surface area contributed by atoms with E-state index in [1.165, 1.54) is 0 Å². The number of nitrogens with zero attached hydrogens (tertiary/aromatic N) is 1. The van der Waals surface area contributed by atoms with Gasteiger partial charge in [0.2, 0.25) is 0 Å².